The van der Waals surface area contributed by atoms with Crippen molar-refractivity contribution in [1.82, 2.24) is 14.5 Å². The Morgan fingerprint density at radius 1 is 0.758 bits per heavy atom. The van der Waals surface area contributed by atoms with Gasteiger partial charge in [0.05, 0.1) is 27.3 Å². The number of hydrogen-bond donors (Lipinski definition) is 0. The van der Waals surface area contributed by atoms with Gasteiger partial charge in [0, 0.05) is 40.2 Å². The van der Waals surface area contributed by atoms with Crippen LogP contribution in [0.25, 0.3) is 49.5 Å². The molecule has 0 aliphatic carbocycles. The van der Waals surface area contributed by atoms with Crippen molar-refractivity contribution in [2.75, 3.05) is 0 Å². The Balaban J connectivity index is 1.66. The Morgan fingerprint density at radius 3 is 2.48 bits per heavy atom. The van der Waals surface area contributed by atoms with E-state index in [1.165, 1.54) is 18.2 Å². The fraction of sp³-hybridized carbons (Fsp3) is 0. The van der Waals surface area contributed by atoms with Gasteiger partial charge in [-0.1, -0.05) is 35.9 Å². The van der Waals surface area contributed by atoms with E-state index in [0.717, 1.165) is 38.3 Å². The van der Waals surface area contributed by atoms with Crippen LogP contribution in [0, 0.1) is 5.82 Å². The van der Waals surface area contributed by atoms with Crippen LogP contribution < -0.4 is 5.56 Å². The number of benzene rings is 3. The molecule has 0 radical (unpaired) electrons. The first-order chi connectivity index (χ1) is 16.1. The Morgan fingerprint density at radius 2 is 1.61 bits per heavy atom. The van der Waals surface area contributed by atoms with Gasteiger partial charge in [0.25, 0.3) is 5.56 Å². The van der Waals surface area contributed by atoms with E-state index in [1.54, 1.807) is 22.9 Å². The molecule has 0 atom stereocenters. The van der Waals surface area contributed by atoms with E-state index in [2.05, 4.69) is 16.0 Å². The smallest absolute Gasteiger partial charge is 0.255 e. The number of rotatable bonds is 2. The van der Waals surface area contributed by atoms with Gasteiger partial charge in [0.1, 0.15) is 5.82 Å². The standard InChI is InChI=1S/C27H15ClFN3O/c28-22-13-20(7-8-23(22)29)32-26(33)10-6-18-14-31-25-9-5-16(12-21(25)27(18)32)19-11-17-3-1-2-4-24(17)30-15-19/h1-15H. The van der Waals surface area contributed by atoms with E-state index in [9.17, 15) is 9.18 Å². The Bertz CT molecular complexity index is 1780. The normalized spacial score (nSPS) is 11.5. The fourth-order valence-electron chi connectivity index (χ4n) is 4.20. The van der Waals surface area contributed by atoms with Crippen LogP contribution in [-0.2, 0) is 0 Å². The third-order valence-electron chi connectivity index (χ3n) is 5.80. The third-order valence-corrected chi connectivity index (χ3v) is 6.09. The molecule has 4 nitrogen and oxygen atoms in total. The summed E-state index contributed by atoms with van der Waals surface area (Å²) in [5.74, 6) is -0.536. The number of pyridine rings is 3. The van der Waals surface area contributed by atoms with E-state index in [-0.39, 0.29) is 10.6 Å². The lowest BCUT2D eigenvalue weighted by Crippen LogP contribution is -2.17. The van der Waals surface area contributed by atoms with E-state index in [1.807, 2.05) is 48.7 Å². The molecule has 33 heavy (non-hydrogen) atoms. The topological polar surface area (TPSA) is 47.8 Å². The summed E-state index contributed by atoms with van der Waals surface area (Å²) in [6, 6.07) is 23.5. The monoisotopic (exact) mass is 451 g/mol. The third kappa shape index (κ3) is 3.25. The number of fused-ring (bicyclic) bond motifs is 4. The molecule has 0 saturated carbocycles. The lowest BCUT2D eigenvalue weighted by molar-refractivity contribution is 0.628. The predicted octanol–water partition coefficient (Wildman–Crippen LogP) is 6.55. The van der Waals surface area contributed by atoms with Crippen molar-refractivity contribution in [3.8, 4) is 16.8 Å². The van der Waals surface area contributed by atoms with Gasteiger partial charge >= 0.3 is 0 Å². The molecule has 0 spiro atoms. The molecule has 0 unspecified atom stereocenters. The maximum absolute atomic E-state index is 13.8. The molecule has 0 bridgehead atoms. The van der Waals surface area contributed by atoms with Crippen LogP contribution in [0.5, 0.6) is 0 Å². The average molecular weight is 452 g/mol. The lowest BCUT2D eigenvalue weighted by Gasteiger charge is -2.14. The van der Waals surface area contributed by atoms with Gasteiger partial charge in [-0.15, -0.1) is 0 Å². The van der Waals surface area contributed by atoms with Crippen molar-refractivity contribution in [2.24, 2.45) is 0 Å². The Kier molecular flexibility index (Phi) is 4.45. The van der Waals surface area contributed by atoms with E-state index in [0.29, 0.717) is 11.2 Å². The summed E-state index contributed by atoms with van der Waals surface area (Å²) in [6.45, 7) is 0. The van der Waals surface area contributed by atoms with Gasteiger partial charge in [0.15, 0.2) is 0 Å². The minimum Gasteiger partial charge on any atom is -0.276 e. The molecular formula is C27H15ClFN3O. The van der Waals surface area contributed by atoms with Gasteiger partial charge < -0.3 is 0 Å². The second kappa shape index (κ2) is 7.50. The van der Waals surface area contributed by atoms with Crippen LogP contribution in [0.2, 0.25) is 5.02 Å². The lowest BCUT2D eigenvalue weighted by atomic mass is 10.0. The van der Waals surface area contributed by atoms with Crippen LogP contribution in [0.4, 0.5) is 4.39 Å². The molecule has 158 valence electrons. The highest BCUT2D eigenvalue weighted by atomic mass is 35.5. The predicted molar refractivity (Wildman–Crippen MR) is 131 cm³/mol. The first kappa shape index (κ1) is 19.6. The minimum absolute atomic E-state index is 0.0438. The first-order valence-corrected chi connectivity index (χ1v) is 10.7. The maximum Gasteiger partial charge on any atom is 0.255 e. The van der Waals surface area contributed by atoms with Gasteiger partial charge in [-0.05, 0) is 54.1 Å². The van der Waals surface area contributed by atoms with Crippen molar-refractivity contribution in [3.05, 3.63) is 112 Å². The largest absolute Gasteiger partial charge is 0.276 e. The van der Waals surface area contributed by atoms with E-state index in [4.69, 9.17) is 11.6 Å². The molecule has 0 fully saturated rings. The molecule has 0 N–H and O–H groups in total. The molecule has 3 heterocycles. The number of hydrogen-bond acceptors (Lipinski definition) is 3. The zero-order valence-corrected chi connectivity index (χ0v) is 17.9. The molecular weight excluding hydrogens is 437 g/mol. The molecule has 0 aliphatic rings. The van der Waals surface area contributed by atoms with Crippen LogP contribution in [0.1, 0.15) is 0 Å². The summed E-state index contributed by atoms with van der Waals surface area (Å²) >= 11 is 6.03. The van der Waals surface area contributed by atoms with Crippen molar-refractivity contribution in [2.45, 2.75) is 0 Å². The van der Waals surface area contributed by atoms with Crippen LogP contribution in [0.3, 0.4) is 0 Å². The van der Waals surface area contributed by atoms with E-state index < -0.39 is 5.82 Å². The van der Waals surface area contributed by atoms with Crippen molar-refractivity contribution >= 4 is 44.3 Å². The number of halogens is 2. The van der Waals surface area contributed by atoms with E-state index >= 15 is 0 Å². The highest BCUT2D eigenvalue weighted by Gasteiger charge is 2.13. The van der Waals surface area contributed by atoms with Crippen LogP contribution >= 0.6 is 11.6 Å². The highest BCUT2D eigenvalue weighted by Crippen LogP contribution is 2.31. The fourth-order valence-corrected chi connectivity index (χ4v) is 4.38. The maximum atomic E-state index is 13.8. The minimum atomic E-state index is -0.536. The van der Waals surface area contributed by atoms with Gasteiger partial charge in [-0.25, -0.2) is 4.39 Å². The zero-order chi connectivity index (χ0) is 22.5. The summed E-state index contributed by atoms with van der Waals surface area (Å²) in [5.41, 5.74) is 4.52. The molecule has 0 amide bonds. The highest BCUT2D eigenvalue weighted by molar-refractivity contribution is 6.30. The quantitative estimate of drug-likeness (QED) is 0.280. The summed E-state index contributed by atoms with van der Waals surface area (Å²) in [6.07, 6.45) is 3.57. The Labute approximate surface area is 192 Å². The molecule has 6 rings (SSSR count). The summed E-state index contributed by atoms with van der Waals surface area (Å²) in [7, 11) is 0. The molecule has 6 aromatic rings. The average Bonchev–Trinajstić information content (AvgIpc) is 2.85. The second-order valence-corrected chi connectivity index (χ2v) is 8.22. The van der Waals surface area contributed by atoms with Crippen molar-refractivity contribution < 1.29 is 4.39 Å². The summed E-state index contributed by atoms with van der Waals surface area (Å²) < 4.78 is 15.3. The second-order valence-electron chi connectivity index (χ2n) is 7.82. The van der Waals surface area contributed by atoms with Crippen molar-refractivity contribution in [1.29, 1.82) is 0 Å². The number of aromatic nitrogens is 3. The zero-order valence-electron chi connectivity index (χ0n) is 17.2. The SMILES string of the molecule is O=c1ccc2cnc3ccc(-c4cnc5ccccc5c4)cc3c2n1-c1ccc(F)c(Cl)c1. The molecule has 0 aliphatic heterocycles. The van der Waals surface area contributed by atoms with Gasteiger partial charge in [0.2, 0.25) is 0 Å². The first-order valence-electron chi connectivity index (χ1n) is 10.3. The van der Waals surface area contributed by atoms with Crippen molar-refractivity contribution in [3.63, 3.8) is 0 Å². The summed E-state index contributed by atoms with van der Waals surface area (Å²) in [4.78, 5) is 22.1. The van der Waals surface area contributed by atoms with Gasteiger partial charge in [-0.2, -0.15) is 0 Å². The van der Waals surface area contributed by atoms with Crippen LogP contribution in [-0.4, -0.2) is 14.5 Å². The molecule has 3 aromatic heterocycles. The van der Waals surface area contributed by atoms with Crippen LogP contribution in [0.15, 0.2) is 96.1 Å². The molecule has 0 saturated heterocycles. The Hall–Kier alpha value is -4.09. The number of nitrogens with zero attached hydrogens (tertiary/aromatic N) is 3. The van der Waals surface area contributed by atoms with Gasteiger partial charge in [-0.3, -0.25) is 19.3 Å². The molecule has 3 aromatic carbocycles. The number of para-hydroxylation sites is 1. The summed E-state index contributed by atoms with van der Waals surface area (Å²) in [5, 5.41) is 2.59. The molecule has 6 heteroatoms.